The summed E-state index contributed by atoms with van der Waals surface area (Å²) in [6.07, 6.45) is 1.43. The van der Waals surface area contributed by atoms with Crippen LogP contribution in [0.2, 0.25) is 0 Å². The zero-order valence-electron chi connectivity index (χ0n) is 8.67. The van der Waals surface area contributed by atoms with Gasteiger partial charge in [0.1, 0.15) is 5.82 Å². The summed E-state index contributed by atoms with van der Waals surface area (Å²) in [5.41, 5.74) is 6.79. The van der Waals surface area contributed by atoms with Crippen LogP contribution in [0.15, 0.2) is 22.7 Å². The van der Waals surface area contributed by atoms with Gasteiger partial charge in [0.15, 0.2) is 0 Å². The van der Waals surface area contributed by atoms with Gasteiger partial charge in [-0.25, -0.2) is 4.39 Å². The highest BCUT2D eigenvalue weighted by molar-refractivity contribution is 9.10. The third-order valence-corrected chi connectivity index (χ3v) is 2.96. The predicted molar refractivity (Wildman–Crippen MR) is 62.3 cm³/mol. The van der Waals surface area contributed by atoms with Crippen molar-refractivity contribution < 1.29 is 9.13 Å². The van der Waals surface area contributed by atoms with E-state index < -0.39 is 0 Å². The van der Waals surface area contributed by atoms with Crippen LogP contribution in [0.1, 0.15) is 12.0 Å². The summed E-state index contributed by atoms with van der Waals surface area (Å²) in [7, 11) is 1.64. The molecule has 0 bridgehead atoms. The van der Waals surface area contributed by atoms with Gasteiger partial charge in [0.25, 0.3) is 0 Å². The van der Waals surface area contributed by atoms with Gasteiger partial charge < -0.3 is 10.5 Å². The fourth-order valence-electron chi connectivity index (χ4n) is 1.35. The van der Waals surface area contributed by atoms with E-state index in [1.165, 1.54) is 12.1 Å². The maximum atomic E-state index is 13.0. The molecule has 0 aliphatic rings. The highest BCUT2D eigenvalue weighted by Crippen LogP contribution is 2.19. The van der Waals surface area contributed by atoms with E-state index in [1.54, 1.807) is 13.2 Å². The monoisotopic (exact) mass is 275 g/mol. The Labute approximate surface area is 97.7 Å². The van der Waals surface area contributed by atoms with Crippen molar-refractivity contribution in [1.29, 1.82) is 0 Å². The minimum Gasteiger partial charge on any atom is -0.385 e. The molecule has 0 fully saturated rings. The molecule has 0 aromatic heterocycles. The third-order valence-electron chi connectivity index (χ3n) is 2.18. The third kappa shape index (κ3) is 4.28. The standard InChI is InChI=1S/C11H15BrFNO/c1-15-5-4-10(14)7-8-6-9(13)2-3-11(8)12/h2-3,6,10H,4-5,7,14H2,1H3. The minimum atomic E-state index is -0.229. The van der Waals surface area contributed by atoms with Gasteiger partial charge in [-0.15, -0.1) is 0 Å². The molecule has 4 heteroatoms. The van der Waals surface area contributed by atoms with Crippen molar-refractivity contribution in [3.63, 3.8) is 0 Å². The molecule has 0 heterocycles. The van der Waals surface area contributed by atoms with E-state index >= 15 is 0 Å². The molecule has 1 atom stereocenters. The molecule has 0 saturated carbocycles. The molecule has 0 aliphatic heterocycles. The van der Waals surface area contributed by atoms with Crippen LogP contribution in [0.4, 0.5) is 4.39 Å². The first-order chi connectivity index (χ1) is 7.13. The fraction of sp³-hybridized carbons (Fsp3) is 0.455. The summed E-state index contributed by atoms with van der Waals surface area (Å²) < 4.78 is 18.8. The van der Waals surface area contributed by atoms with Gasteiger partial charge in [0.2, 0.25) is 0 Å². The topological polar surface area (TPSA) is 35.2 Å². The Morgan fingerprint density at radius 3 is 2.93 bits per heavy atom. The molecular formula is C11H15BrFNO. The molecule has 0 saturated heterocycles. The van der Waals surface area contributed by atoms with E-state index in [0.717, 1.165) is 16.5 Å². The Hall–Kier alpha value is -0.450. The number of hydrogen-bond donors (Lipinski definition) is 1. The second-order valence-electron chi connectivity index (χ2n) is 3.48. The number of methoxy groups -OCH3 is 1. The molecular weight excluding hydrogens is 261 g/mol. The number of hydrogen-bond acceptors (Lipinski definition) is 2. The fourth-order valence-corrected chi connectivity index (χ4v) is 1.76. The maximum Gasteiger partial charge on any atom is 0.123 e. The van der Waals surface area contributed by atoms with Crippen LogP contribution in [0.25, 0.3) is 0 Å². The molecule has 2 nitrogen and oxygen atoms in total. The molecule has 0 radical (unpaired) electrons. The van der Waals surface area contributed by atoms with Gasteiger partial charge in [-0.05, 0) is 36.6 Å². The SMILES string of the molecule is COCCC(N)Cc1cc(F)ccc1Br. The van der Waals surface area contributed by atoms with E-state index in [2.05, 4.69) is 15.9 Å². The molecule has 84 valence electrons. The number of ether oxygens (including phenoxy) is 1. The summed E-state index contributed by atoms with van der Waals surface area (Å²) in [4.78, 5) is 0. The van der Waals surface area contributed by atoms with Gasteiger partial charge >= 0.3 is 0 Å². The van der Waals surface area contributed by atoms with E-state index in [0.29, 0.717) is 13.0 Å². The van der Waals surface area contributed by atoms with Crippen LogP contribution < -0.4 is 5.73 Å². The smallest absolute Gasteiger partial charge is 0.123 e. The number of nitrogens with two attached hydrogens (primary N) is 1. The highest BCUT2D eigenvalue weighted by Gasteiger charge is 2.07. The number of halogens is 2. The van der Waals surface area contributed by atoms with Gasteiger partial charge in [-0.1, -0.05) is 15.9 Å². The average Bonchev–Trinajstić information content (AvgIpc) is 2.20. The Bertz CT molecular complexity index is 319. The molecule has 1 aromatic carbocycles. The zero-order valence-corrected chi connectivity index (χ0v) is 10.3. The normalized spacial score (nSPS) is 12.8. The summed E-state index contributed by atoms with van der Waals surface area (Å²) in [6.45, 7) is 0.633. The van der Waals surface area contributed by atoms with Crippen molar-refractivity contribution in [3.05, 3.63) is 34.1 Å². The van der Waals surface area contributed by atoms with E-state index in [9.17, 15) is 4.39 Å². The van der Waals surface area contributed by atoms with Crippen molar-refractivity contribution in [2.45, 2.75) is 18.9 Å². The molecule has 0 amide bonds. The highest BCUT2D eigenvalue weighted by atomic mass is 79.9. The van der Waals surface area contributed by atoms with Crippen LogP contribution in [-0.2, 0) is 11.2 Å². The first-order valence-electron chi connectivity index (χ1n) is 4.82. The van der Waals surface area contributed by atoms with Crippen LogP contribution in [0.3, 0.4) is 0 Å². The van der Waals surface area contributed by atoms with Crippen LogP contribution in [0, 0.1) is 5.82 Å². The van der Waals surface area contributed by atoms with Crippen molar-refractivity contribution >= 4 is 15.9 Å². The summed E-state index contributed by atoms with van der Waals surface area (Å²) in [6, 6.07) is 4.64. The summed E-state index contributed by atoms with van der Waals surface area (Å²) >= 11 is 3.37. The van der Waals surface area contributed by atoms with Gasteiger partial charge in [-0.3, -0.25) is 0 Å². The lowest BCUT2D eigenvalue weighted by Crippen LogP contribution is -2.24. The van der Waals surface area contributed by atoms with Crippen LogP contribution in [0.5, 0.6) is 0 Å². The van der Waals surface area contributed by atoms with E-state index in [-0.39, 0.29) is 11.9 Å². The van der Waals surface area contributed by atoms with E-state index in [1.807, 2.05) is 0 Å². The molecule has 0 spiro atoms. The van der Waals surface area contributed by atoms with Gasteiger partial charge in [0, 0.05) is 24.2 Å². The Morgan fingerprint density at radius 1 is 1.53 bits per heavy atom. The van der Waals surface area contributed by atoms with Crippen LogP contribution >= 0.6 is 15.9 Å². The first-order valence-corrected chi connectivity index (χ1v) is 5.61. The van der Waals surface area contributed by atoms with Crippen molar-refractivity contribution in [1.82, 2.24) is 0 Å². The molecule has 2 N–H and O–H groups in total. The largest absolute Gasteiger partial charge is 0.385 e. The van der Waals surface area contributed by atoms with E-state index in [4.69, 9.17) is 10.5 Å². The quantitative estimate of drug-likeness (QED) is 0.896. The zero-order chi connectivity index (χ0) is 11.3. The lowest BCUT2D eigenvalue weighted by Gasteiger charge is -2.12. The van der Waals surface area contributed by atoms with Crippen molar-refractivity contribution in [3.8, 4) is 0 Å². The summed E-state index contributed by atoms with van der Waals surface area (Å²) in [5, 5.41) is 0. The summed E-state index contributed by atoms with van der Waals surface area (Å²) in [5.74, 6) is -0.229. The van der Waals surface area contributed by atoms with Gasteiger partial charge in [0.05, 0.1) is 0 Å². The molecule has 0 aliphatic carbocycles. The minimum absolute atomic E-state index is 0.00282. The Morgan fingerprint density at radius 2 is 2.27 bits per heavy atom. The first kappa shape index (κ1) is 12.6. The predicted octanol–water partition coefficient (Wildman–Crippen LogP) is 2.49. The lowest BCUT2D eigenvalue weighted by molar-refractivity contribution is 0.188. The second kappa shape index (κ2) is 6.20. The molecule has 1 rings (SSSR count). The number of rotatable bonds is 5. The molecule has 15 heavy (non-hydrogen) atoms. The molecule has 1 aromatic rings. The number of benzene rings is 1. The average molecular weight is 276 g/mol. The van der Waals surface area contributed by atoms with Crippen molar-refractivity contribution in [2.24, 2.45) is 5.73 Å². The second-order valence-corrected chi connectivity index (χ2v) is 4.34. The Balaban J connectivity index is 2.59. The van der Waals surface area contributed by atoms with Gasteiger partial charge in [-0.2, -0.15) is 0 Å². The Kier molecular flexibility index (Phi) is 5.22. The van der Waals surface area contributed by atoms with Crippen LogP contribution in [-0.4, -0.2) is 19.8 Å². The maximum absolute atomic E-state index is 13.0. The lowest BCUT2D eigenvalue weighted by atomic mass is 10.0. The van der Waals surface area contributed by atoms with Crippen molar-refractivity contribution in [2.75, 3.05) is 13.7 Å². The molecule has 1 unspecified atom stereocenters.